The molecule has 0 unspecified atom stereocenters. The molecule has 0 fully saturated rings. The molecule has 0 aliphatic rings. The summed E-state index contributed by atoms with van der Waals surface area (Å²) in [7, 11) is 1.52. The lowest BCUT2D eigenvalue weighted by atomic mass is 10.1. The van der Waals surface area contributed by atoms with E-state index >= 15 is 0 Å². The number of carbonyl (C=O) groups excluding carboxylic acids is 2. The average Bonchev–Trinajstić information content (AvgIpc) is 3.10. The number of nitro benzene ring substituents is 1. The van der Waals surface area contributed by atoms with Crippen LogP contribution < -0.4 is 10.6 Å². The first-order chi connectivity index (χ1) is 13.0. The fourth-order valence-corrected chi connectivity index (χ4v) is 2.60. The number of amides is 1. The summed E-state index contributed by atoms with van der Waals surface area (Å²) < 4.78 is 13.3. The molecule has 2 N–H and O–H groups in total. The van der Waals surface area contributed by atoms with Gasteiger partial charge in [-0.25, -0.2) is 4.79 Å². The zero-order valence-electron chi connectivity index (χ0n) is 14.6. The lowest BCUT2D eigenvalue weighted by Crippen LogP contribution is -2.15. The van der Waals surface area contributed by atoms with Crippen molar-refractivity contribution in [3.05, 3.63) is 39.6 Å². The van der Waals surface area contributed by atoms with E-state index in [9.17, 15) is 19.7 Å². The molecule has 0 bridgehead atoms. The van der Waals surface area contributed by atoms with Crippen LogP contribution in [0.25, 0.3) is 0 Å². The number of benzene rings is 1. The number of methoxy groups -OCH3 is 1. The van der Waals surface area contributed by atoms with E-state index in [2.05, 4.69) is 20.2 Å². The topological polar surface area (TPSA) is 146 Å². The summed E-state index contributed by atoms with van der Waals surface area (Å²) in [6.07, 6.45) is 0. The molecule has 0 radical (unpaired) electrons. The Morgan fingerprint density at radius 2 is 2.15 bits per heavy atom. The normalized spacial score (nSPS) is 10.3. The second-order valence-corrected chi connectivity index (χ2v) is 5.79. The fourth-order valence-electron chi connectivity index (χ4n) is 2.04. The van der Waals surface area contributed by atoms with E-state index in [-0.39, 0.29) is 34.2 Å². The van der Waals surface area contributed by atoms with Gasteiger partial charge in [-0.3, -0.25) is 14.9 Å². The van der Waals surface area contributed by atoms with Crippen molar-refractivity contribution in [1.29, 1.82) is 0 Å². The molecule has 1 amide bonds. The van der Waals surface area contributed by atoms with E-state index in [4.69, 9.17) is 9.47 Å². The predicted octanol–water partition coefficient (Wildman–Crippen LogP) is 1.93. The third-order valence-corrected chi connectivity index (χ3v) is 3.90. The van der Waals surface area contributed by atoms with E-state index in [0.29, 0.717) is 13.2 Å². The minimum atomic E-state index is -0.717. The van der Waals surface area contributed by atoms with Crippen LogP contribution in [0.1, 0.15) is 27.8 Å². The smallest absolute Gasteiger partial charge is 0.362 e. The molecule has 1 heterocycles. The number of hydrogen-bond donors (Lipinski definition) is 2. The zero-order chi connectivity index (χ0) is 19.8. The van der Waals surface area contributed by atoms with E-state index in [1.165, 1.54) is 19.2 Å². The van der Waals surface area contributed by atoms with Crippen LogP contribution in [0.3, 0.4) is 0 Å². The predicted molar refractivity (Wildman–Crippen MR) is 97.3 cm³/mol. The maximum atomic E-state index is 12.4. The molecule has 144 valence electrons. The van der Waals surface area contributed by atoms with E-state index < -0.39 is 16.8 Å². The standard InChI is InChI=1S/C15H17N5O6S/c1-3-26-15(22)12-14(27-19-18-12)17-13(21)9-4-5-10(16-6-7-25-2)11(8-9)20(23)24/h4-5,8,16H,3,6-7H2,1-2H3,(H,17,21). The first kappa shape index (κ1) is 20.2. The molecule has 1 aromatic carbocycles. The van der Waals surface area contributed by atoms with Gasteiger partial charge in [0.25, 0.3) is 11.6 Å². The highest BCUT2D eigenvalue weighted by Crippen LogP contribution is 2.26. The third-order valence-electron chi connectivity index (χ3n) is 3.26. The average molecular weight is 395 g/mol. The van der Waals surface area contributed by atoms with Crippen LogP contribution in [0.15, 0.2) is 18.2 Å². The summed E-state index contributed by atoms with van der Waals surface area (Å²) in [5.74, 6) is -1.36. The molecule has 0 spiro atoms. The fraction of sp³-hybridized carbons (Fsp3) is 0.333. The molecule has 0 atom stereocenters. The van der Waals surface area contributed by atoms with E-state index in [1.807, 2.05) is 0 Å². The van der Waals surface area contributed by atoms with Crippen LogP contribution in [-0.2, 0) is 9.47 Å². The van der Waals surface area contributed by atoms with Gasteiger partial charge < -0.3 is 20.1 Å². The zero-order valence-corrected chi connectivity index (χ0v) is 15.4. The molecule has 1 aromatic heterocycles. The number of hydrogen-bond acceptors (Lipinski definition) is 10. The van der Waals surface area contributed by atoms with Crippen LogP contribution in [0, 0.1) is 10.1 Å². The quantitative estimate of drug-likeness (QED) is 0.281. The Kier molecular flexibility index (Phi) is 7.14. The van der Waals surface area contributed by atoms with Gasteiger partial charge in [-0.2, -0.15) is 0 Å². The van der Waals surface area contributed by atoms with Crippen LogP contribution in [0.2, 0.25) is 0 Å². The van der Waals surface area contributed by atoms with Gasteiger partial charge in [-0.05, 0) is 19.1 Å². The van der Waals surface area contributed by atoms with Gasteiger partial charge in [0.1, 0.15) is 5.69 Å². The summed E-state index contributed by atoms with van der Waals surface area (Å²) in [5, 5.41) is 20.4. The SMILES string of the molecule is CCOC(=O)c1nnsc1NC(=O)c1ccc(NCCOC)c([N+](=O)[O-])c1. The van der Waals surface area contributed by atoms with Gasteiger partial charge in [0.05, 0.1) is 18.1 Å². The number of rotatable bonds is 9. The molecule has 0 saturated carbocycles. The molecular weight excluding hydrogens is 378 g/mol. The van der Waals surface area contributed by atoms with Crippen molar-refractivity contribution in [2.75, 3.05) is 37.5 Å². The Bertz CT molecular complexity index is 840. The Labute approximate surface area is 158 Å². The van der Waals surface area contributed by atoms with Gasteiger partial charge in [0.15, 0.2) is 5.00 Å². The van der Waals surface area contributed by atoms with Crippen molar-refractivity contribution in [3.8, 4) is 0 Å². The number of nitro groups is 1. The summed E-state index contributed by atoms with van der Waals surface area (Å²) in [5.41, 5.74) is -0.0724. The second kappa shape index (κ2) is 9.54. The van der Waals surface area contributed by atoms with Crippen LogP contribution in [0.4, 0.5) is 16.4 Å². The number of nitrogens with zero attached hydrogens (tertiary/aromatic N) is 3. The first-order valence-electron chi connectivity index (χ1n) is 7.80. The Hall–Kier alpha value is -3.12. The Balaban J connectivity index is 2.19. The Morgan fingerprint density at radius 3 is 2.81 bits per heavy atom. The number of nitrogens with one attached hydrogen (secondary N) is 2. The van der Waals surface area contributed by atoms with Crippen molar-refractivity contribution in [1.82, 2.24) is 9.59 Å². The highest BCUT2D eigenvalue weighted by molar-refractivity contribution is 7.10. The molecule has 0 saturated heterocycles. The van der Waals surface area contributed by atoms with Gasteiger partial charge in [0.2, 0.25) is 5.69 Å². The largest absolute Gasteiger partial charge is 0.461 e. The highest BCUT2D eigenvalue weighted by atomic mass is 32.1. The van der Waals surface area contributed by atoms with Crippen LogP contribution >= 0.6 is 11.5 Å². The van der Waals surface area contributed by atoms with Crippen molar-refractivity contribution < 1.29 is 24.0 Å². The molecule has 2 aromatic rings. The summed E-state index contributed by atoms with van der Waals surface area (Å²) in [6, 6.07) is 4.00. The first-order valence-corrected chi connectivity index (χ1v) is 8.57. The molecule has 2 rings (SSSR count). The minimum Gasteiger partial charge on any atom is -0.461 e. The highest BCUT2D eigenvalue weighted by Gasteiger charge is 2.22. The van der Waals surface area contributed by atoms with Gasteiger partial charge in [-0.1, -0.05) is 4.49 Å². The van der Waals surface area contributed by atoms with Crippen LogP contribution in [0.5, 0.6) is 0 Å². The number of esters is 1. The number of ether oxygens (including phenoxy) is 2. The Morgan fingerprint density at radius 1 is 1.37 bits per heavy atom. The molecule has 0 aliphatic carbocycles. The van der Waals surface area contributed by atoms with Gasteiger partial charge in [0, 0.05) is 36.8 Å². The lowest BCUT2D eigenvalue weighted by molar-refractivity contribution is -0.384. The maximum Gasteiger partial charge on any atom is 0.362 e. The maximum absolute atomic E-state index is 12.4. The number of anilines is 2. The summed E-state index contributed by atoms with van der Waals surface area (Å²) in [4.78, 5) is 34.9. The van der Waals surface area contributed by atoms with Crippen molar-refractivity contribution in [3.63, 3.8) is 0 Å². The minimum absolute atomic E-state index is 0.0437. The van der Waals surface area contributed by atoms with Gasteiger partial charge >= 0.3 is 5.97 Å². The summed E-state index contributed by atoms with van der Waals surface area (Å²) in [6.45, 7) is 2.53. The van der Waals surface area contributed by atoms with E-state index in [0.717, 1.165) is 17.6 Å². The molecule has 11 nitrogen and oxygen atoms in total. The molecule has 27 heavy (non-hydrogen) atoms. The van der Waals surface area contributed by atoms with E-state index in [1.54, 1.807) is 6.92 Å². The third kappa shape index (κ3) is 5.18. The van der Waals surface area contributed by atoms with Gasteiger partial charge in [-0.15, -0.1) is 5.10 Å². The summed E-state index contributed by atoms with van der Waals surface area (Å²) >= 11 is 0.800. The van der Waals surface area contributed by atoms with Crippen molar-refractivity contribution in [2.45, 2.75) is 6.92 Å². The van der Waals surface area contributed by atoms with Crippen molar-refractivity contribution >= 4 is 39.8 Å². The molecule has 0 aliphatic heterocycles. The monoisotopic (exact) mass is 395 g/mol. The van der Waals surface area contributed by atoms with Crippen LogP contribution in [-0.4, -0.2) is 53.3 Å². The second-order valence-electron chi connectivity index (χ2n) is 5.03. The number of carbonyl (C=O) groups is 2. The molecule has 12 heteroatoms. The van der Waals surface area contributed by atoms with Crippen molar-refractivity contribution in [2.24, 2.45) is 0 Å². The number of aromatic nitrogens is 2. The lowest BCUT2D eigenvalue weighted by Gasteiger charge is -2.08. The molecular formula is C15H17N5O6S.